The van der Waals surface area contributed by atoms with Crippen LogP contribution in [0.5, 0.6) is 0 Å². The van der Waals surface area contributed by atoms with Crippen molar-refractivity contribution in [2.45, 2.75) is 53.1 Å². The number of nitrogens with two attached hydrogens (primary N) is 1. The van der Waals surface area contributed by atoms with E-state index < -0.39 is 23.5 Å². The van der Waals surface area contributed by atoms with Gasteiger partial charge in [0.2, 0.25) is 0 Å². The number of aryl methyl sites for hydroxylation is 1. The fourth-order valence-corrected chi connectivity index (χ4v) is 3.92. The minimum Gasteiger partial charge on any atom is -0.381 e. The van der Waals surface area contributed by atoms with Crippen molar-refractivity contribution in [3.8, 4) is 11.8 Å². The molecule has 1 heterocycles. The van der Waals surface area contributed by atoms with Crippen LogP contribution >= 0.6 is 0 Å². The number of halogens is 4. The number of benzene rings is 2. The second kappa shape index (κ2) is 13.3. The van der Waals surface area contributed by atoms with Crippen LogP contribution in [0.1, 0.15) is 72.6 Å². The van der Waals surface area contributed by atoms with Crippen molar-refractivity contribution in [3.05, 3.63) is 82.3 Å². The quantitative estimate of drug-likeness (QED) is 0.213. The zero-order chi connectivity index (χ0) is 29.4. The zero-order valence-electron chi connectivity index (χ0n) is 23.1. The van der Waals surface area contributed by atoms with Crippen molar-refractivity contribution >= 4 is 23.1 Å². The van der Waals surface area contributed by atoms with Gasteiger partial charge in [0.15, 0.2) is 11.6 Å². The Labute approximate surface area is 232 Å². The van der Waals surface area contributed by atoms with Crippen molar-refractivity contribution < 1.29 is 22.4 Å². The van der Waals surface area contributed by atoms with Gasteiger partial charge >= 0.3 is 6.18 Å². The molecule has 0 fully saturated rings. The summed E-state index contributed by atoms with van der Waals surface area (Å²) in [5.41, 5.74) is 6.85. The molecule has 0 bridgehead atoms. The van der Waals surface area contributed by atoms with E-state index >= 15 is 0 Å². The molecular formula is C31H34F4N4O. The number of carbonyl (C=O) groups excluding carboxylic acids is 1. The predicted octanol–water partition coefficient (Wildman–Crippen LogP) is 7.43. The summed E-state index contributed by atoms with van der Waals surface area (Å²) in [5, 5.41) is 2.63. The van der Waals surface area contributed by atoms with Gasteiger partial charge in [-0.25, -0.2) is 9.37 Å². The van der Waals surface area contributed by atoms with Crippen LogP contribution < -0.4 is 16.0 Å². The number of aromatic nitrogens is 1. The van der Waals surface area contributed by atoms with Gasteiger partial charge in [-0.1, -0.05) is 45.1 Å². The molecule has 40 heavy (non-hydrogen) atoms. The van der Waals surface area contributed by atoms with Gasteiger partial charge in [-0.05, 0) is 67.6 Å². The first-order chi connectivity index (χ1) is 18.9. The maximum Gasteiger partial charge on any atom is 0.416 e. The highest BCUT2D eigenvalue weighted by Gasteiger charge is 2.32. The molecule has 1 amide bonds. The molecule has 1 aromatic heterocycles. The normalized spacial score (nSPS) is 11.2. The molecule has 0 saturated heterocycles. The molecule has 3 aromatic rings. The minimum atomic E-state index is -4.58. The van der Waals surface area contributed by atoms with Gasteiger partial charge in [0.25, 0.3) is 5.91 Å². The average molecular weight is 555 g/mol. The monoisotopic (exact) mass is 554 g/mol. The predicted molar refractivity (Wildman–Crippen MR) is 152 cm³/mol. The minimum absolute atomic E-state index is 0.0532. The molecule has 0 unspecified atom stereocenters. The van der Waals surface area contributed by atoms with Crippen molar-refractivity contribution in [1.29, 1.82) is 0 Å². The van der Waals surface area contributed by atoms with Gasteiger partial charge in [0, 0.05) is 47.4 Å². The molecule has 0 spiro atoms. The Kier molecular flexibility index (Phi) is 10.2. The summed E-state index contributed by atoms with van der Waals surface area (Å²) in [7, 11) is 0. The first-order valence-corrected chi connectivity index (χ1v) is 13.2. The van der Waals surface area contributed by atoms with Gasteiger partial charge in [-0.2, -0.15) is 13.2 Å². The summed E-state index contributed by atoms with van der Waals surface area (Å²) < 4.78 is 55.2. The molecule has 0 radical (unpaired) electrons. The number of nitrogen functional groups attached to an aromatic ring is 1. The molecule has 0 atom stereocenters. The molecule has 212 valence electrons. The van der Waals surface area contributed by atoms with Crippen LogP contribution in [0.2, 0.25) is 0 Å². The summed E-state index contributed by atoms with van der Waals surface area (Å²) in [5.74, 6) is 4.60. The van der Waals surface area contributed by atoms with Gasteiger partial charge in [0.05, 0.1) is 5.56 Å². The van der Waals surface area contributed by atoms with Gasteiger partial charge in [-0.3, -0.25) is 4.79 Å². The topological polar surface area (TPSA) is 71.2 Å². The highest BCUT2D eigenvalue weighted by atomic mass is 19.4. The molecule has 9 heteroatoms. The van der Waals surface area contributed by atoms with Crippen molar-refractivity contribution in [2.75, 3.05) is 29.0 Å². The Morgan fingerprint density at radius 2 is 1.85 bits per heavy atom. The number of carbonyl (C=O) groups is 1. The molecule has 2 aromatic carbocycles. The Balaban J connectivity index is 1.92. The van der Waals surface area contributed by atoms with E-state index in [9.17, 15) is 22.4 Å². The molecule has 0 aliphatic carbocycles. The lowest BCUT2D eigenvalue weighted by Gasteiger charge is -2.27. The van der Waals surface area contributed by atoms with Crippen molar-refractivity contribution in [3.63, 3.8) is 0 Å². The fourth-order valence-electron chi connectivity index (χ4n) is 3.92. The fraction of sp³-hybridized carbons (Fsp3) is 0.355. The van der Waals surface area contributed by atoms with E-state index in [1.807, 2.05) is 11.8 Å². The number of alkyl halides is 3. The van der Waals surface area contributed by atoms with E-state index in [4.69, 9.17) is 5.73 Å². The number of hydrogen-bond donors (Lipinski definition) is 2. The molecule has 0 saturated carbocycles. The van der Waals surface area contributed by atoms with E-state index in [-0.39, 0.29) is 17.1 Å². The molecule has 3 N–H and O–H groups in total. The molecular weight excluding hydrogens is 520 g/mol. The number of anilines is 3. The summed E-state index contributed by atoms with van der Waals surface area (Å²) in [6, 6.07) is 9.64. The van der Waals surface area contributed by atoms with Crippen LogP contribution in [0.4, 0.5) is 34.8 Å². The van der Waals surface area contributed by atoms with Crippen LogP contribution in [0.3, 0.4) is 0 Å². The summed E-state index contributed by atoms with van der Waals surface area (Å²) >= 11 is 0. The Bertz CT molecular complexity index is 1410. The number of pyridine rings is 1. The second-order valence-corrected chi connectivity index (χ2v) is 10.1. The summed E-state index contributed by atoms with van der Waals surface area (Å²) in [6.45, 7) is 9.20. The highest BCUT2D eigenvalue weighted by molar-refractivity contribution is 6.04. The standard InChI is InChI=1S/C31H34F4N4O/c1-5-6-12-39(13-11-20(2)3)27-17-25(31(33,34)35)16-26(18-27)38-30(40)24-9-7-21(4)23(15-24)10-8-22-14-28(32)29(36)37-19-22/h7,9,14-20H,5-6,11-13H2,1-4H3,(H2,36,37)(H,38,40). The first-order valence-electron chi connectivity index (χ1n) is 13.2. The van der Waals surface area contributed by atoms with Crippen LogP contribution in [-0.4, -0.2) is 24.0 Å². The van der Waals surface area contributed by atoms with Crippen LogP contribution in [0.25, 0.3) is 0 Å². The van der Waals surface area contributed by atoms with Gasteiger partial charge < -0.3 is 16.0 Å². The van der Waals surface area contributed by atoms with E-state index in [0.717, 1.165) is 43.0 Å². The van der Waals surface area contributed by atoms with Gasteiger partial charge in [-0.15, -0.1) is 0 Å². The van der Waals surface area contributed by atoms with Crippen molar-refractivity contribution in [2.24, 2.45) is 5.92 Å². The SMILES string of the molecule is CCCCN(CCC(C)C)c1cc(NC(=O)c2ccc(C)c(C#Cc3cnc(N)c(F)c3)c2)cc(C(F)(F)F)c1. The number of nitrogens with zero attached hydrogens (tertiary/aromatic N) is 2. The van der Waals surface area contributed by atoms with Crippen LogP contribution in [0, 0.1) is 30.5 Å². The third-order valence-corrected chi connectivity index (χ3v) is 6.34. The number of hydrogen-bond acceptors (Lipinski definition) is 4. The number of amides is 1. The molecule has 0 aliphatic rings. The largest absolute Gasteiger partial charge is 0.416 e. The van der Waals surface area contributed by atoms with E-state index in [2.05, 4.69) is 36.0 Å². The Morgan fingerprint density at radius 1 is 1.10 bits per heavy atom. The summed E-state index contributed by atoms with van der Waals surface area (Å²) in [6.07, 6.45) is -0.667. The number of rotatable bonds is 9. The lowest BCUT2D eigenvalue weighted by atomic mass is 10.0. The highest BCUT2D eigenvalue weighted by Crippen LogP contribution is 2.35. The third kappa shape index (κ3) is 8.47. The second-order valence-electron chi connectivity index (χ2n) is 10.1. The van der Waals surface area contributed by atoms with Gasteiger partial charge in [0.1, 0.15) is 0 Å². The molecule has 5 nitrogen and oxygen atoms in total. The van der Waals surface area contributed by atoms with E-state index in [1.165, 1.54) is 6.20 Å². The van der Waals surface area contributed by atoms with Crippen LogP contribution in [0.15, 0.2) is 48.7 Å². The summed E-state index contributed by atoms with van der Waals surface area (Å²) in [4.78, 5) is 18.8. The number of nitrogens with one attached hydrogen (secondary N) is 1. The Morgan fingerprint density at radius 3 is 2.50 bits per heavy atom. The first kappa shape index (κ1) is 30.5. The average Bonchev–Trinajstić information content (AvgIpc) is 2.89. The lowest BCUT2D eigenvalue weighted by Crippen LogP contribution is -2.27. The van der Waals surface area contributed by atoms with E-state index in [0.29, 0.717) is 35.8 Å². The lowest BCUT2D eigenvalue weighted by molar-refractivity contribution is -0.137. The Hall–Kier alpha value is -4.06. The number of unbranched alkanes of at least 4 members (excludes halogenated alkanes) is 1. The molecule has 0 aliphatic heterocycles. The van der Waals surface area contributed by atoms with Crippen LogP contribution in [-0.2, 0) is 6.18 Å². The maximum atomic E-state index is 13.8. The molecule has 3 rings (SSSR count). The van der Waals surface area contributed by atoms with Crippen molar-refractivity contribution in [1.82, 2.24) is 4.98 Å². The zero-order valence-corrected chi connectivity index (χ0v) is 23.1. The smallest absolute Gasteiger partial charge is 0.381 e. The maximum absolute atomic E-state index is 13.8. The third-order valence-electron chi connectivity index (χ3n) is 6.34. The van der Waals surface area contributed by atoms with E-state index in [1.54, 1.807) is 31.2 Å².